The minimum absolute atomic E-state index is 0.0315. The zero-order chi connectivity index (χ0) is 39.1. The summed E-state index contributed by atoms with van der Waals surface area (Å²) < 4.78 is 0. The van der Waals surface area contributed by atoms with Crippen LogP contribution in [0.15, 0.2) is 35.3 Å². The number of carboxylic acids is 3. The first-order valence-corrected chi connectivity index (χ1v) is 15.5. The third kappa shape index (κ3) is 13.6. The second kappa shape index (κ2) is 19.3. The highest BCUT2D eigenvalue weighted by Crippen LogP contribution is 2.12. The van der Waals surface area contributed by atoms with Crippen LogP contribution in [0.1, 0.15) is 41.7 Å². The maximum atomic E-state index is 12.6. The first-order chi connectivity index (χ1) is 25.1. The molecule has 2 heterocycles. The fourth-order valence-electron chi connectivity index (χ4n) is 4.40. The van der Waals surface area contributed by atoms with Crippen LogP contribution in [0.3, 0.4) is 0 Å². The lowest BCUT2D eigenvalue weighted by molar-refractivity contribution is -0.141. The Labute approximate surface area is 297 Å². The number of aromatic nitrogens is 4. The van der Waals surface area contributed by atoms with E-state index < -0.39 is 91.0 Å². The predicted molar refractivity (Wildman–Crippen MR) is 180 cm³/mol. The molecule has 0 aliphatic rings. The van der Waals surface area contributed by atoms with Gasteiger partial charge in [0.05, 0.1) is 37.8 Å². The lowest BCUT2D eigenvalue weighted by Crippen LogP contribution is -2.53. The standard InChI is InChI=1S/C30H35N11O12/c31-30-40-25-24(29(53)41-30)37-16(11-34-25)10-33-15-5-3-14(4-6-15)26(50)32-7-1-2-19(42)38-17(8-21(44)45)27(51)35-12-20(43)39-18(9-22(46)47)28(52)36-13-23(48)49/h3-6,11,17-18,33H,1-2,7-10,12-13H2,(H,32,50)(H,35,51)(H,36,52)(H,38,42)(H,39,43)(H,44,45)(H,46,47)(H,48,49)(H3,31,34,40,41,53)/t17-,18-/m0/s1. The number of H-pyrrole nitrogens is 1. The molecule has 23 nitrogen and oxygen atoms in total. The predicted octanol–water partition coefficient (Wildman–Crippen LogP) is -3.35. The second-order valence-electron chi connectivity index (χ2n) is 11.0. The number of nitrogens with zero attached hydrogens (tertiary/aromatic N) is 3. The van der Waals surface area contributed by atoms with Gasteiger partial charge in [0.15, 0.2) is 11.2 Å². The zero-order valence-corrected chi connectivity index (χ0v) is 27.6. The smallest absolute Gasteiger partial charge is 0.322 e. The van der Waals surface area contributed by atoms with Crippen LogP contribution in [-0.4, -0.2) is 114 Å². The Bertz CT molecular complexity index is 1930. The lowest BCUT2D eigenvalue weighted by Gasteiger charge is -2.19. The molecule has 2 atom stereocenters. The highest BCUT2D eigenvalue weighted by Gasteiger charge is 2.27. The van der Waals surface area contributed by atoms with E-state index >= 15 is 0 Å². The Balaban J connectivity index is 1.42. The maximum Gasteiger partial charge on any atom is 0.322 e. The molecule has 0 fully saturated rings. The Morgan fingerprint density at radius 1 is 0.774 bits per heavy atom. The molecule has 23 heteroatoms. The van der Waals surface area contributed by atoms with Crippen LogP contribution in [0, 0.1) is 0 Å². The van der Waals surface area contributed by atoms with Crippen molar-refractivity contribution < 1.29 is 53.7 Å². The Morgan fingerprint density at radius 2 is 1.38 bits per heavy atom. The molecule has 0 aliphatic carbocycles. The van der Waals surface area contributed by atoms with E-state index in [4.69, 9.17) is 15.9 Å². The minimum Gasteiger partial charge on any atom is -0.481 e. The van der Waals surface area contributed by atoms with Gasteiger partial charge in [0.1, 0.15) is 18.6 Å². The number of carboxylic acid groups (broad SMARTS) is 3. The summed E-state index contributed by atoms with van der Waals surface area (Å²) in [5, 5.41) is 40.8. The van der Waals surface area contributed by atoms with Crippen molar-refractivity contribution in [3.05, 3.63) is 52.1 Å². The van der Waals surface area contributed by atoms with Crippen LogP contribution >= 0.6 is 0 Å². The molecule has 0 saturated heterocycles. The summed E-state index contributed by atoms with van der Waals surface area (Å²) in [6.07, 6.45) is -0.440. The number of nitrogens with one attached hydrogen (secondary N) is 7. The monoisotopic (exact) mass is 741 g/mol. The van der Waals surface area contributed by atoms with E-state index in [1.165, 1.54) is 6.20 Å². The van der Waals surface area contributed by atoms with Crippen LogP contribution in [0.4, 0.5) is 11.6 Å². The van der Waals surface area contributed by atoms with Gasteiger partial charge >= 0.3 is 17.9 Å². The van der Waals surface area contributed by atoms with Gasteiger partial charge in [-0.2, -0.15) is 4.98 Å². The minimum atomic E-state index is -1.68. The third-order valence-corrected chi connectivity index (χ3v) is 6.87. The molecule has 2 aromatic heterocycles. The SMILES string of the molecule is Nc1nc2ncc(CNc3ccc(C(=O)NCCCC(=O)N[C@@H](CC(=O)O)C(=O)NCC(=O)N[C@@H](CC(=O)O)C(=O)NCC(=O)O)cc3)nc2c(=O)[nH]1. The quantitative estimate of drug-likeness (QED) is 0.0504. The number of fused-ring (bicyclic) bond motifs is 1. The number of carbonyl (C=O) groups excluding carboxylic acids is 5. The first-order valence-electron chi connectivity index (χ1n) is 15.5. The number of rotatable bonds is 20. The number of amides is 5. The summed E-state index contributed by atoms with van der Waals surface area (Å²) in [4.78, 5) is 122. The number of hydrogen-bond donors (Lipinski definition) is 11. The summed E-state index contributed by atoms with van der Waals surface area (Å²) in [6, 6.07) is 3.07. The van der Waals surface area contributed by atoms with Crippen LogP contribution in [-0.2, 0) is 40.1 Å². The summed E-state index contributed by atoms with van der Waals surface area (Å²) in [5.41, 5.74) is 6.51. The number of nitrogens with two attached hydrogens (primary N) is 1. The number of carbonyl (C=O) groups is 8. The van der Waals surface area contributed by atoms with Crippen molar-refractivity contribution in [2.24, 2.45) is 0 Å². The average molecular weight is 742 g/mol. The van der Waals surface area contributed by atoms with Gasteiger partial charge in [-0.1, -0.05) is 0 Å². The molecule has 5 amide bonds. The van der Waals surface area contributed by atoms with Crippen molar-refractivity contribution >= 4 is 70.2 Å². The summed E-state index contributed by atoms with van der Waals surface area (Å²) in [6.45, 7) is -1.44. The fourth-order valence-corrected chi connectivity index (χ4v) is 4.40. The van der Waals surface area contributed by atoms with Gasteiger partial charge < -0.3 is 53.0 Å². The molecule has 0 unspecified atom stereocenters. The number of hydrogen-bond acceptors (Lipinski definition) is 14. The first kappa shape index (κ1) is 40.2. The number of nitrogen functional groups attached to an aromatic ring is 1. The fraction of sp³-hybridized carbons (Fsp3) is 0.333. The molecule has 0 saturated carbocycles. The second-order valence-corrected chi connectivity index (χ2v) is 11.0. The Kier molecular flexibility index (Phi) is 14.6. The van der Waals surface area contributed by atoms with Crippen LogP contribution < -0.4 is 43.2 Å². The van der Waals surface area contributed by atoms with E-state index in [1.807, 2.05) is 10.6 Å². The van der Waals surface area contributed by atoms with E-state index in [0.717, 1.165) is 0 Å². The topological polar surface area (TPSA) is 367 Å². The number of aromatic amines is 1. The van der Waals surface area contributed by atoms with Gasteiger partial charge in [-0.25, -0.2) is 9.97 Å². The lowest BCUT2D eigenvalue weighted by atomic mass is 10.1. The van der Waals surface area contributed by atoms with Gasteiger partial charge in [-0.15, -0.1) is 0 Å². The zero-order valence-electron chi connectivity index (χ0n) is 27.6. The number of benzene rings is 1. The molecule has 0 aliphatic heterocycles. The van der Waals surface area contributed by atoms with Crippen molar-refractivity contribution in [3.8, 4) is 0 Å². The van der Waals surface area contributed by atoms with Gasteiger partial charge in [-0.05, 0) is 30.7 Å². The third-order valence-electron chi connectivity index (χ3n) is 6.87. The highest BCUT2D eigenvalue weighted by atomic mass is 16.4. The normalized spacial score (nSPS) is 11.7. The Hall–Kier alpha value is -7.20. The van der Waals surface area contributed by atoms with Crippen LogP contribution in [0.2, 0.25) is 0 Å². The molecule has 282 valence electrons. The Morgan fingerprint density at radius 3 is 1.98 bits per heavy atom. The largest absolute Gasteiger partial charge is 0.481 e. The molecule has 0 radical (unpaired) electrons. The molecule has 3 aromatic rings. The van der Waals surface area contributed by atoms with Crippen molar-refractivity contribution in [2.45, 2.75) is 44.3 Å². The van der Waals surface area contributed by atoms with Crippen molar-refractivity contribution in [1.29, 1.82) is 0 Å². The molecule has 0 bridgehead atoms. The van der Waals surface area contributed by atoms with E-state index in [2.05, 4.69) is 41.2 Å². The molecule has 12 N–H and O–H groups in total. The van der Waals surface area contributed by atoms with Gasteiger partial charge in [0.2, 0.25) is 29.6 Å². The summed E-state index contributed by atoms with van der Waals surface area (Å²) in [7, 11) is 0. The van der Waals surface area contributed by atoms with Gasteiger partial charge in [0, 0.05) is 24.2 Å². The number of aliphatic carboxylic acids is 3. The van der Waals surface area contributed by atoms with Crippen LogP contribution in [0.5, 0.6) is 0 Å². The highest BCUT2D eigenvalue weighted by molar-refractivity contribution is 5.96. The van der Waals surface area contributed by atoms with Gasteiger partial charge in [0.25, 0.3) is 11.5 Å². The molecular formula is C30H35N11O12. The maximum absolute atomic E-state index is 12.6. The summed E-state index contributed by atoms with van der Waals surface area (Å²) in [5.74, 6) is -8.87. The molecule has 0 spiro atoms. The van der Waals surface area contributed by atoms with E-state index in [-0.39, 0.29) is 43.0 Å². The van der Waals surface area contributed by atoms with Crippen molar-refractivity contribution in [3.63, 3.8) is 0 Å². The van der Waals surface area contributed by atoms with E-state index in [1.54, 1.807) is 24.3 Å². The number of anilines is 2. The van der Waals surface area contributed by atoms with Crippen LogP contribution in [0.25, 0.3) is 11.2 Å². The van der Waals surface area contributed by atoms with E-state index in [0.29, 0.717) is 16.9 Å². The van der Waals surface area contributed by atoms with E-state index in [9.17, 15) is 48.3 Å². The molecular weight excluding hydrogens is 706 g/mol. The summed E-state index contributed by atoms with van der Waals surface area (Å²) >= 11 is 0. The molecule has 3 rings (SSSR count). The average Bonchev–Trinajstić information content (AvgIpc) is 3.09. The van der Waals surface area contributed by atoms with Crippen molar-refractivity contribution in [1.82, 2.24) is 46.5 Å². The molecule has 53 heavy (non-hydrogen) atoms. The molecule has 1 aromatic carbocycles. The van der Waals surface area contributed by atoms with Crippen molar-refractivity contribution in [2.75, 3.05) is 30.7 Å². The van der Waals surface area contributed by atoms with Gasteiger partial charge in [-0.3, -0.25) is 48.1 Å².